The third-order valence-electron chi connectivity index (χ3n) is 4.07. The Morgan fingerprint density at radius 3 is 2.38 bits per heavy atom. The SMILES string of the molecule is Cc1cc(-n2c(C)cc(C=Nc3ccccc3I)c2C)ccc1I. The van der Waals surface area contributed by atoms with Crippen LogP contribution in [0.3, 0.4) is 0 Å². The molecular weight excluding hydrogens is 522 g/mol. The average molecular weight is 540 g/mol. The normalized spacial score (nSPS) is 11.4. The number of rotatable bonds is 3. The van der Waals surface area contributed by atoms with Crippen LogP contribution in [0.1, 0.15) is 22.5 Å². The van der Waals surface area contributed by atoms with Gasteiger partial charge in [0.2, 0.25) is 0 Å². The van der Waals surface area contributed by atoms with Gasteiger partial charge in [0, 0.05) is 36.0 Å². The fraction of sp³-hybridized carbons (Fsp3) is 0.150. The predicted molar refractivity (Wildman–Crippen MR) is 119 cm³/mol. The number of hydrogen-bond donors (Lipinski definition) is 0. The Kier molecular flexibility index (Phi) is 5.44. The van der Waals surface area contributed by atoms with Gasteiger partial charge in [0.25, 0.3) is 0 Å². The topological polar surface area (TPSA) is 17.3 Å². The summed E-state index contributed by atoms with van der Waals surface area (Å²) in [5.41, 5.74) is 7.10. The summed E-state index contributed by atoms with van der Waals surface area (Å²) in [5.74, 6) is 0. The molecule has 2 nitrogen and oxygen atoms in total. The van der Waals surface area contributed by atoms with Crippen molar-refractivity contribution in [2.45, 2.75) is 20.8 Å². The first-order valence-electron chi connectivity index (χ1n) is 7.71. The highest BCUT2D eigenvalue weighted by Gasteiger charge is 2.10. The molecule has 1 aromatic heterocycles. The van der Waals surface area contributed by atoms with Crippen molar-refractivity contribution in [1.29, 1.82) is 0 Å². The van der Waals surface area contributed by atoms with E-state index in [-0.39, 0.29) is 0 Å². The van der Waals surface area contributed by atoms with Gasteiger partial charge in [0.15, 0.2) is 0 Å². The second kappa shape index (κ2) is 7.39. The summed E-state index contributed by atoms with van der Waals surface area (Å²) in [6, 6.07) is 17.0. The molecule has 2 aromatic carbocycles. The van der Waals surface area contributed by atoms with Crippen molar-refractivity contribution in [3.8, 4) is 5.69 Å². The van der Waals surface area contributed by atoms with Gasteiger partial charge in [-0.25, -0.2) is 0 Å². The third kappa shape index (κ3) is 3.59. The van der Waals surface area contributed by atoms with Crippen LogP contribution in [0, 0.1) is 27.9 Å². The van der Waals surface area contributed by atoms with Crippen LogP contribution >= 0.6 is 45.2 Å². The number of aromatic nitrogens is 1. The molecular formula is C20H18I2N2. The lowest BCUT2D eigenvalue weighted by molar-refractivity contribution is 0.962. The minimum atomic E-state index is 1.01. The van der Waals surface area contributed by atoms with Crippen molar-refractivity contribution in [3.63, 3.8) is 0 Å². The van der Waals surface area contributed by atoms with E-state index in [1.54, 1.807) is 0 Å². The molecule has 0 aliphatic heterocycles. The molecule has 0 saturated carbocycles. The molecule has 4 heteroatoms. The molecule has 0 fully saturated rings. The van der Waals surface area contributed by atoms with E-state index in [1.165, 1.54) is 26.2 Å². The van der Waals surface area contributed by atoms with Crippen molar-refractivity contribution in [2.75, 3.05) is 0 Å². The van der Waals surface area contributed by atoms with Crippen LogP contribution in [-0.4, -0.2) is 10.8 Å². The molecule has 0 radical (unpaired) electrons. The standard InChI is InChI=1S/C20H18I2N2/c1-13-10-17(8-9-18(13)21)24-14(2)11-16(15(24)3)12-23-20-7-5-4-6-19(20)22/h4-12H,1-3H3. The van der Waals surface area contributed by atoms with Crippen molar-refractivity contribution < 1.29 is 0 Å². The Balaban J connectivity index is 2.00. The second-order valence-electron chi connectivity index (χ2n) is 5.80. The van der Waals surface area contributed by atoms with E-state index in [0.717, 1.165) is 14.8 Å². The number of benzene rings is 2. The average Bonchev–Trinajstić information content (AvgIpc) is 2.83. The van der Waals surface area contributed by atoms with Crippen molar-refractivity contribution in [3.05, 3.63) is 78.2 Å². The Morgan fingerprint density at radius 1 is 0.917 bits per heavy atom. The van der Waals surface area contributed by atoms with E-state index >= 15 is 0 Å². The van der Waals surface area contributed by atoms with Crippen LogP contribution in [0.2, 0.25) is 0 Å². The van der Waals surface area contributed by atoms with Crippen LogP contribution < -0.4 is 0 Å². The van der Waals surface area contributed by atoms with Gasteiger partial charge in [-0.3, -0.25) is 4.99 Å². The number of para-hydroxylation sites is 1. The molecule has 0 atom stereocenters. The fourth-order valence-corrected chi connectivity index (χ4v) is 3.64. The molecule has 122 valence electrons. The van der Waals surface area contributed by atoms with E-state index < -0.39 is 0 Å². The molecule has 24 heavy (non-hydrogen) atoms. The van der Waals surface area contributed by atoms with Gasteiger partial charge in [-0.1, -0.05) is 12.1 Å². The van der Waals surface area contributed by atoms with Crippen LogP contribution in [0.4, 0.5) is 5.69 Å². The molecule has 1 heterocycles. The molecule has 0 amide bonds. The number of aryl methyl sites for hydroxylation is 2. The quantitative estimate of drug-likeness (QED) is 0.272. The Labute approximate surface area is 170 Å². The highest BCUT2D eigenvalue weighted by molar-refractivity contribution is 14.1. The van der Waals surface area contributed by atoms with Gasteiger partial charge < -0.3 is 4.57 Å². The zero-order valence-corrected chi connectivity index (χ0v) is 18.2. The van der Waals surface area contributed by atoms with Gasteiger partial charge in [-0.15, -0.1) is 0 Å². The smallest absolute Gasteiger partial charge is 0.0763 e. The highest BCUT2D eigenvalue weighted by Crippen LogP contribution is 2.24. The molecule has 0 unspecified atom stereocenters. The predicted octanol–water partition coefficient (Wildman–Crippen LogP) is 6.36. The summed E-state index contributed by atoms with van der Waals surface area (Å²) >= 11 is 4.69. The highest BCUT2D eigenvalue weighted by atomic mass is 127. The maximum absolute atomic E-state index is 4.67. The Hall–Kier alpha value is -1.15. The lowest BCUT2D eigenvalue weighted by Crippen LogP contribution is -2.00. The van der Waals surface area contributed by atoms with Crippen LogP contribution in [0.15, 0.2) is 53.5 Å². The lowest BCUT2D eigenvalue weighted by Gasteiger charge is -2.11. The molecule has 0 saturated heterocycles. The summed E-state index contributed by atoms with van der Waals surface area (Å²) in [6.45, 7) is 6.45. The van der Waals surface area contributed by atoms with Crippen LogP contribution in [0.25, 0.3) is 5.69 Å². The van der Waals surface area contributed by atoms with E-state index in [4.69, 9.17) is 0 Å². The lowest BCUT2D eigenvalue weighted by atomic mass is 10.2. The van der Waals surface area contributed by atoms with Crippen molar-refractivity contribution >= 4 is 57.1 Å². The number of hydrogen-bond acceptors (Lipinski definition) is 1. The van der Waals surface area contributed by atoms with Crippen LogP contribution in [0.5, 0.6) is 0 Å². The largest absolute Gasteiger partial charge is 0.318 e. The fourth-order valence-electron chi connectivity index (χ4n) is 2.78. The maximum atomic E-state index is 4.67. The van der Waals surface area contributed by atoms with E-state index in [0.29, 0.717) is 0 Å². The minimum Gasteiger partial charge on any atom is -0.318 e. The first-order valence-corrected chi connectivity index (χ1v) is 9.87. The van der Waals surface area contributed by atoms with E-state index in [9.17, 15) is 0 Å². The number of nitrogens with zero attached hydrogens (tertiary/aromatic N) is 2. The monoisotopic (exact) mass is 540 g/mol. The molecule has 3 aromatic rings. The van der Waals surface area contributed by atoms with E-state index in [1.807, 2.05) is 24.4 Å². The number of halogens is 2. The first-order chi connectivity index (χ1) is 11.5. The molecule has 0 aliphatic rings. The summed E-state index contributed by atoms with van der Waals surface area (Å²) in [7, 11) is 0. The molecule has 0 N–H and O–H groups in total. The summed E-state index contributed by atoms with van der Waals surface area (Å²) in [4.78, 5) is 4.67. The molecule has 3 rings (SSSR count). The van der Waals surface area contributed by atoms with Gasteiger partial charge in [0.05, 0.1) is 5.69 Å². The zero-order valence-electron chi connectivity index (χ0n) is 13.8. The molecule has 0 bridgehead atoms. The Morgan fingerprint density at radius 2 is 1.67 bits per heavy atom. The van der Waals surface area contributed by atoms with Crippen molar-refractivity contribution in [1.82, 2.24) is 4.57 Å². The Bertz CT molecular complexity index is 923. The van der Waals surface area contributed by atoms with Crippen molar-refractivity contribution in [2.24, 2.45) is 4.99 Å². The summed E-state index contributed by atoms with van der Waals surface area (Å²) in [6.07, 6.45) is 1.97. The maximum Gasteiger partial charge on any atom is 0.0763 e. The van der Waals surface area contributed by atoms with E-state index in [2.05, 4.69) is 106 Å². The summed E-state index contributed by atoms with van der Waals surface area (Å²) < 4.78 is 4.74. The molecule has 0 aliphatic carbocycles. The number of aliphatic imine (C=N–C) groups is 1. The van der Waals surface area contributed by atoms with Crippen LogP contribution in [-0.2, 0) is 0 Å². The zero-order chi connectivity index (χ0) is 17.3. The minimum absolute atomic E-state index is 1.01. The van der Waals surface area contributed by atoms with Gasteiger partial charge in [0.1, 0.15) is 0 Å². The van der Waals surface area contributed by atoms with Gasteiger partial charge in [-0.05, 0) is 108 Å². The summed E-state index contributed by atoms with van der Waals surface area (Å²) in [5, 5.41) is 0. The second-order valence-corrected chi connectivity index (χ2v) is 8.13. The van der Waals surface area contributed by atoms with Gasteiger partial charge in [-0.2, -0.15) is 0 Å². The third-order valence-corrected chi connectivity index (χ3v) is 6.19. The first kappa shape index (κ1) is 17.7. The van der Waals surface area contributed by atoms with Gasteiger partial charge >= 0.3 is 0 Å². The molecule has 0 spiro atoms.